The molecule has 2 aliphatic rings. The van der Waals surface area contributed by atoms with E-state index in [1.165, 1.54) is 44.0 Å². The Morgan fingerprint density at radius 3 is 1.81 bits per heavy atom. The van der Waals surface area contributed by atoms with Crippen LogP contribution in [0.3, 0.4) is 0 Å². The molecule has 0 aliphatic carbocycles. The monoisotopic (exact) mass is 902 g/mol. The smallest absolute Gasteiger partial charge is 0.333 e. The summed E-state index contributed by atoms with van der Waals surface area (Å²) in [4.78, 5) is 2.58. The molecule has 2 aliphatic heterocycles. The van der Waals surface area contributed by atoms with Crippen molar-refractivity contribution in [1.82, 2.24) is 4.57 Å². The van der Waals surface area contributed by atoms with Crippen molar-refractivity contribution in [2.75, 3.05) is 4.81 Å². The molecule has 6 heteroatoms. The Morgan fingerprint density at radius 2 is 1.04 bits per heavy atom. The zero-order chi connectivity index (χ0) is 46.9. The van der Waals surface area contributed by atoms with E-state index in [1.54, 1.807) is 0 Å². The van der Waals surface area contributed by atoms with Crippen molar-refractivity contribution < 1.29 is 13.3 Å². The quantitative estimate of drug-likeness (QED) is 0.166. The van der Waals surface area contributed by atoms with Gasteiger partial charge in [0.15, 0.2) is 0 Å². The van der Waals surface area contributed by atoms with Crippen molar-refractivity contribution in [1.29, 1.82) is 0 Å². The Bertz CT molecular complexity index is 4370. The van der Waals surface area contributed by atoms with E-state index in [0.717, 1.165) is 105 Å². The first-order chi connectivity index (χ1) is 34.0. The largest absolute Gasteiger partial charge is 0.456 e. The van der Waals surface area contributed by atoms with Crippen molar-refractivity contribution in [2.45, 2.75) is 52.4 Å². The van der Waals surface area contributed by atoms with E-state index in [4.69, 9.17) is 13.3 Å². The summed E-state index contributed by atoms with van der Waals surface area (Å²) in [6, 6.07) is 64.5. The highest BCUT2D eigenvalue weighted by Gasteiger charge is 2.45. The molecule has 0 bridgehead atoms. The second-order valence-corrected chi connectivity index (χ2v) is 21.7. The topological polar surface area (TPSA) is 47.6 Å². The fourth-order valence-corrected chi connectivity index (χ4v) is 12.0. The van der Waals surface area contributed by atoms with Gasteiger partial charge < -0.3 is 22.6 Å². The van der Waals surface area contributed by atoms with E-state index in [2.05, 4.69) is 227 Å². The minimum absolute atomic E-state index is 0.00977. The number of fused-ring (bicyclic) bond motifs is 15. The SMILES string of the molecule is CC(C)(C)c1ccc(N2B3c4cc5oc(-c6ccccc6)c(-c6ccccc6)c5cc4-n4c5cc6oc7ccccc7c6cc5c5ccc(c3c54)-c3cc4c(cc32)oc2cc(C(C)(C)C)ccc24)cc1. The van der Waals surface area contributed by atoms with Crippen LogP contribution < -0.4 is 15.7 Å². The Kier molecular flexibility index (Phi) is 7.80. The molecular formula is C64H47BN2O3. The Morgan fingerprint density at radius 1 is 0.414 bits per heavy atom. The number of aromatic nitrogens is 1. The van der Waals surface area contributed by atoms with Crippen LogP contribution in [0.25, 0.3) is 116 Å². The summed E-state index contributed by atoms with van der Waals surface area (Å²) in [5.74, 6) is 0.861. The third kappa shape index (κ3) is 5.45. The van der Waals surface area contributed by atoms with Gasteiger partial charge >= 0.3 is 6.85 Å². The summed E-state index contributed by atoms with van der Waals surface area (Å²) in [7, 11) is 0. The molecule has 0 spiro atoms. The van der Waals surface area contributed by atoms with Crippen molar-refractivity contribution in [3.8, 4) is 39.3 Å². The molecule has 5 nitrogen and oxygen atoms in total. The van der Waals surface area contributed by atoms with Crippen LogP contribution in [0.5, 0.6) is 0 Å². The van der Waals surface area contributed by atoms with Gasteiger partial charge in [-0.2, -0.15) is 0 Å². The average Bonchev–Trinajstić information content (AvgIpc) is 4.12. The number of nitrogens with zero attached hydrogens (tertiary/aromatic N) is 2. The molecule has 70 heavy (non-hydrogen) atoms. The summed E-state index contributed by atoms with van der Waals surface area (Å²) in [5.41, 5.74) is 20.7. The number of para-hydroxylation sites is 1. The highest BCUT2D eigenvalue weighted by molar-refractivity contribution is 6.94. The van der Waals surface area contributed by atoms with E-state index < -0.39 is 0 Å². The second-order valence-electron chi connectivity index (χ2n) is 21.7. The molecule has 0 atom stereocenters. The molecular weight excluding hydrogens is 856 g/mol. The lowest BCUT2D eigenvalue weighted by Crippen LogP contribution is -2.60. The van der Waals surface area contributed by atoms with Crippen LogP contribution >= 0.6 is 0 Å². The Labute approximate surface area is 405 Å². The van der Waals surface area contributed by atoms with Gasteiger partial charge in [-0.05, 0) is 92.5 Å². The molecule has 334 valence electrons. The fourth-order valence-electron chi connectivity index (χ4n) is 12.0. The van der Waals surface area contributed by atoms with Gasteiger partial charge in [-0.25, -0.2) is 0 Å². The van der Waals surface area contributed by atoms with Gasteiger partial charge in [0.2, 0.25) is 0 Å². The number of rotatable bonds is 3. The van der Waals surface area contributed by atoms with E-state index in [-0.39, 0.29) is 17.7 Å². The molecule has 0 saturated heterocycles. The molecule has 0 saturated carbocycles. The molecule has 13 aromatic rings. The predicted molar refractivity (Wildman–Crippen MR) is 292 cm³/mol. The van der Waals surface area contributed by atoms with Crippen molar-refractivity contribution in [3.63, 3.8) is 0 Å². The number of benzene rings is 9. The van der Waals surface area contributed by atoms with Crippen molar-refractivity contribution in [2.24, 2.45) is 0 Å². The molecule has 0 amide bonds. The molecule has 6 heterocycles. The number of hydrogen-bond acceptors (Lipinski definition) is 4. The highest BCUT2D eigenvalue weighted by Crippen LogP contribution is 2.50. The van der Waals surface area contributed by atoms with Crippen LogP contribution in [0.1, 0.15) is 52.7 Å². The molecule has 0 unspecified atom stereocenters. The van der Waals surface area contributed by atoms with Crippen LogP contribution in [-0.2, 0) is 10.8 Å². The van der Waals surface area contributed by atoms with E-state index in [0.29, 0.717) is 0 Å². The predicted octanol–water partition coefficient (Wildman–Crippen LogP) is 16.5. The van der Waals surface area contributed by atoms with Crippen LogP contribution in [0, 0.1) is 0 Å². The van der Waals surface area contributed by atoms with E-state index >= 15 is 0 Å². The van der Waals surface area contributed by atoms with Crippen LogP contribution in [0.4, 0.5) is 11.4 Å². The molecule has 4 aromatic heterocycles. The van der Waals surface area contributed by atoms with Gasteiger partial charge in [-0.15, -0.1) is 0 Å². The minimum Gasteiger partial charge on any atom is -0.456 e. The van der Waals surface area contributed by atoms with Crippen LogP contribution in [-0.4, -0.2) is 11.4 Å². The molecule has 0 radical (unpaired) electrons. The fraction of sp³-hybridized carbons (Fsp3) is 0.125. The Hall–Kier alpha value is -8.22. The summed E-state index contributed by atoms with van der Waals surface area (Å²) in [6.45, 7) is 13.4. The maximum absolute atomic E-state index is 7.20. The normalized spacial score (nSPS) is 13.5. The highest BCUT2D eigenvalue weighted by atomic mass is 16.3. The second kappa shape index (κ2) is 13.7. The molecule has 0 fully saturated rings. The van der Waals surface area contributed by atoms with Gasteiger partial charge in [0.1, 0.15) is 33.7 Å². The maximum atomic E-state index is 7.20. The summed E-state index contributed by atoms with van der Waals surface area (Å²) in [6.07, 6.45) is 0. The lowest BCUT2D eigenvalue weighted by molar-refractivity contribution is 0.587. The summed E-state index contributed by atoms with van der Waals surface area (Å²) >= 11 is 0. The zero-order valence-corrected chi connectivity index (χ0v) is 39.9. The Balaban J connectivity index is 1.10. The third-order valence-corrected chi connectivity index (χ3v) is 15.5. The first kappa shape index (κ1) is 39.7. The van der Waals surface area contributed by atoms with Gasteiger partial charge in [-0.3, -0.25) is 0 Å². The average molecular weight is 903 g/mol. The van der Waals surface area contributed by atoms with Gasteiger partial charge in [0.25, 0.3) is 0 Å². The molecule has 9 aromatic carbocycles. The zero-order valence-electron chi connectivity index (χ0n) is 39.9. The third-order valence-electron chi connectivity index (χ3n) is 15.5. The number of furan rings is 3. The standard InChI is InChI=1S/C64H47BN2O3/c1-63(2,3)38-21-24-40(25-22-38)67-52-35-58-48(42-26-23-39(64(4,5)6)29-55(42)69-58)30-45(52)43-27-28-44-46-31-47-41-19-13-14-20-54(41)68-57(47)34-51(46)66-53-32-49-56(33-50(53)65(67)60(43)61(44)66)70-62(37-17-11-8-12-18-37)59(49)36-15-9-7-10-16-36/h7-35H,1-6H3. The number of hydrogen-bond donors (Lipinski definition) is 0. The van der Waals surface area contributed by atoms with Gasteiger partial charge in [0.05, 0.1) is 11.0 Å². The first-order valence-corrected chi connectivity index (χ1v) is 24.5. The van der Waals surface area contributed by atoms with Gasteiger partial charge in [0, 0.05) is 83.6 Å². The maximum Gasteiger partial charge on any atom is 0.333 e. The van der Waals surface area contributed by atoms with E-state index in [9.17, 15) is 0 Å². The first-order valence-electron chi connectivity index (χ1n) is 24.5. The lowest BCUT2D eigenvalue weighted by Gasteiger charge is -2.42. The van der Waals surface area contributed by atoms with Crippen LogP contribution in [0.15, 0.2) is 189 Å². The van der Waals surface area contributed by atoms with Crippen molar-refractivity contribution >= 4 is 106 Å². The molecule has 0 N–H and O–H groups in total. The summed E-state index contributed by atoms with van der Waals surface area (Å²) < 4.78 is 23.3. The number of anilines is 2. The minimum atomic E-state index is -0.230. The molecule has 15 rings (SSSR count). The summed E-state index contributed by atoms with van der Waals surface area (Å²) in [5, 5.41) is 7.97. The van der Waals surface area contributed by atoms with E-state index in [1.807, 2.05) is 0 Å². The van der Waals surface area contributed by atoms with Crippen LogP contribution in [0.2, 0.25) is 0 Å². The lowest BCUT2D eigenvalue weighted by atomic mass is 9.44. The van der Waals surface area contributed by atoms with Gasteiger partial charge in [-0.1, -0.05) is 157 Å². The van der Waals surface area contributed by atoms with Crippen molar-refractivity contribution in [3.05, 3.63) is 187 Å².